The van der Waals surface area contributed by atoms with Crippen LogP contribution >= 0.6 is 0 Å². The maximum atomic E-state index is 10.6. The molecule has 2 fully saturated rings. The molecule has 2 aliphatic rings. The first kappa shape index (κ1) is 21.1. The Kier molecular flexibility index (Phi) is 6.43. The first-order valence-electron chi connectivity index (χ1n) is 8.94. The van der Waals surface area contributed by atoms with E-state index in [4.69, 9.17) is 23.8 Å². The van der Waals surface area contributed by atoms with Crippen molar-refractivity contribution in [2.24, 2.45) is 11.3 Å². The van der Waals surface area contributed by atoms with Gasteiger partial charge in [-0.1, -0.05) is 6.07 Å². The van der Waals surface area contributed by atoms with E-state index in [2.05, 4.69) is 9.88 Å². The van der Waals surface area contributed by atoms with E-state index in [1.165, 1.54) is 5.56 Å². The Morgan fingerprint density at radius 3 is 2.79 bits per heavy atom. The molecule has 2 atom stereocenters. The van der Waals surface area contributed by atoms with E-state index in [9.17, 15) is 13.2 Å². The van der Waals surface area contributed by atoms with Crippen LogP contribution < -0.4 is 4.74 Å². The Labute approximate surface area is 165 Å². The molecular formula is C19H21F3N2O5. The minimum Gasteiger partial charge on any atom is -0.477 e. The van der Waals surface area contributed by atoms with Crippen molar-refractivity contribution in [2.45, 2.75) is 12.7 Å². The number of carboxylic acid groups (broad SMARTS) is 1. The van der Waals surface area contributed by atoms with Crippen molar-refractivity contribution in [3.8, 4) is 5.88 Å². The Morgan fingerprint density at radius 2 is 2.17 bits per heavy atom. The summed E-state index contributed by atoms with van der Waals surface area (Å²) in [5.41, 5.74) is 1.31. The standard InChI is InChI=1S/C17H20N2O3.C2HF3O2/c1-2-5-18-16(3-1)22-13-17-11-19(7-14-4-6-20-9-14)8-15(17)10-21-12-17;3-2(4,5)1(6)7/h1-6,9,15H,7-8,10-13H2;(H,6,7)/t15-,17+;/m1./s1. The number of ether oxygens (including phenoxy) is 2. The monoisotopic (exact) mass is 414 g/mol. The van der Waals surface area contributed by atoms with Gasteiger partial charge in [0.05, 0.1) is 32.3 Å². The van der Waals surface area contributed by atoms with Crippen LogP contribution in [0.3, 0.4) is 0 Å². The third kappa shape index (κ3) is 5.48. The van der Waals surface area contributed by atoms with E-state index in [0.29, 0.717) is 18.4 Å². The number of carboxylic acids is 1. The molecule has 0 aliphatic carbocycles. The molecule has 4 rings (SSSR count). The van der Waals surface area contributed by atoms with Crippen LogP contribution in [0.15, 0.2) is 47.4 Å². The van der Waals surface area contributed by atoms with Gasteiger partial charge >= 0.3 is 12.1 Å². The molecule has 2 aliphatic heterocycles. The molecule has 2 aromatic heterocycles. The van der Waals surface area contributed by atoms with E-state index in [1.54, 1.807) is 12.5 Å². The van der Waals surface area contributed by atoms with Crippen molar-refractivity contribution >= 4 is 5.97 Å². The predicted octanol–water partition coefficient (Wildman–Crippen LogP) is 2.84. The number of fused-ring (bicyclic) bond motifs is 1. The van der Waals surface area contributed by atoms with Gasteiger partial charge in [0.1, 0.15) is 0 Å². The van der Waals surface area contributed by atoms with Gasteiger partial charge in [0.25, 0.3) is 0 Å². The Bertz CT molecular complexity index is 785. The van der Waals surface area contributed by atoms with Crippen LogP contribution in [0.2, 0.25) is 0 Å². The van der Waals surface area contributed by atoms with Gasteiger partial charge in [-0.25, -0.2) is 9.78 Å². The summed E-state index contributed by atoms with van der Waals surface area (Å²) in [6.45, 7) is 5.24. The Hall–Kier alpha value is -2.59. The van der Waals surface area contributed by atoms with Crippen LogP contribution in [0.25, 0.3) is 0 Å². The van der Waals surface area contributed by atoms with E-state index in [1.807, 2.05) is 30.5 Å². The lowest BCUT2D eigenvalue weighted by Gasteiger charge is -2.26. The quantitative estimate of drug-likeness (QED) is 0.805. The van der Waals surface area contributed by atoms with Crippen LogP contribution in [-0.4, -0.2) is 60.0 Å². The Balaban J connectivity index is 0.000000298. The number of rotatable bonds is 5. The molecule has 7 nitrogen and oxygen atoms in total. The first-order valence-corrected chi connectivity index (χ1v) is 8.94. The van der Waals surface area contributed by atoms with E-state index >= 15 is 0 Å². The number of aliphatic carboxylic acids is 1. The summed E-state index contributed by atoms with van der Waals surface area (Å²) in [6.07, 6.45) is 0.229. The van der Waals surface area contributed by atoms with Crippen molar-refractivity contribution in [1.82, 2.24) is 9.88 Å². The molecule has 158 valence electrons. The van der Waals surface area contributed by atoms with Gasteiger partial charge in [-0.05, 0) is 12.1 Å². The zero-order valence-electron chi connectivity index (χ0n) is 15.5. The molecule has 0 radical (unpaired) electrons. The second-order valence-corrected chi connectivity index (χ2v) is 7.14. The fourth-order valence-electron chi connectivity index (χ4n) is 3.56. The minimum absolute atomic E-state index is 0.0846. The number of hydrogen-bond acceptors (Lipinski definition) is 6. The normalized spacial score (nSPS) is 23.9. The number of alkyl halides is 3. The minimum atomic E-state index is -5.08. The van der Waals surface area contributed by atoms with Gasteiger partial charge in [-0.3, -0.25) is 4.90 Å². The maximum absolute atomic E-state index is 10.6. The lowest BCUT2D eigenvalue weighted by molar-refractivity contribution is -0.192. The zero-order chi connectivity index (χ0) is 20.9. The van der Waals surface area contributed by atoms with Crippen LogP contribution in [0.5, 0.6) is 5.88 Å². The van der Waals surface area contributed by atoms with Crippen LogP contribution in [0, 0.1) is 11.3 Å². The summed E-state index contributed by atoms with van der Waals surface area (Å²) in [5.74, 6) is -1.54. The highest BCUT2D eigenvalue weighted by Crippen LogP contribution is 2.42. The van der Waals surface area contributed by atoms with Crippen molar-refractivity contribution < 1.29 is 37.0 Å². The number of aromatic nitrogens is 1. The van der Waals surface area contributed by atoms with Gasteiger partial charge in [-0.2, -0.15) is 13.2 Å². The summed E-state index contributed by atoms with van der Waals surface area (Å²) < 4.78 is 48.6. The number of hydrogen-bond donors (Lipinski definition) is 1. The van der Waals surface area contributed by atoms with Gasteiger partial charge < -0.3 is 19.0 Å². The van der Waals surface area contributed by atoms with E-state index < -0.39 is 12.1 Å². The molecule has 2 saturated heterocycles. The highest BCUT2D eigenvalue weighted by atomic mass is 19.4. The van der Waals surface area contributed by atoms with Gasteiger partial charge in [-0.15, -0.1) is 0 Å². The third-order valence-electron chi connectivity index (χ3n) is 4.97. The van der Waals surface area contributed by atoms with Crippen LogP contribution in [-0.2, 0) is 16.1 Å². The summed E-state index contributed by atoms with van der Waals surface area (Å²) >= 11 is 0. The SMILES string of the molecule is O=C(O)C(F)(F)F.c1ccc(OC[C@]23COC[C@H]2CN(Cc2ccoc2)C3)nc1. The highest BCUT2D eigenvalue weighted by molar-refractivity contribution is 5.73. The number of likely N-dealkylation sites (tertiary alicyclic amines) is 1. The average molecular weight is 414 g/mol. The number of furan rings is 1. The molecule has 29 heavy (non-hydrogen) atoms. The van der Waals surface area contributed by atoms with Crippen LogP contribution in [0.4, 0.5) is 13.2 Å². The summed E-state index contributed by atoms with van der Waals surface area (Å²) in [5, 5.41) is 7.12. The van der Waals surface area contributed by atoms with E-state index in [0.717, 1.165) is 32.8 Å². The molecule has 0 spiro atoms. The molecule has 4 heterocycles. The fraction of sp³-hybridized carbons (Fsp3) is 0.474. The molecule has 0 aromatic carbocycles. The zero-order valence-corrected chi connectivity index (χ0v) is 15.5. The van der Waals surface area contributed by atoms with Crippen molar-refractivity contribution in [2.75, 3.05) is 32.9 Å². The van der Waals surface area contributed by atoms with Crippen molar-refractivity contribution in [1.29, 1.82) is 0 Å². The molecule has 0 bridgehead atoms. The third-order valence-corrected chi connectivity index (χ3v) is 4.97. The van der Waals surface area contributed by atoms with Crippen LogP contribution in [0.1, 0.15) is 5.56 Å². The fourth-order valence-corrected chi connectivity index (χ4v) is 3.56. The summed E-state index contributed by atoms with van der Waals surface area (Å²) in [6, 6.07) is 7.78. The molecule has 0 unspecified atom stereocenters. The summed E-state index contributed by atoms with van der Waals surface area (Å²) in [7, 11) is 0. The van der Waals surface area contributed by atoms with E-state index in [-0.39, 0.29) is 5.41 Å². The maximum Gasteiger partial charge on any atom is 0.490 e. The van der Waals surface area contributed by atoms with Crippen molar-refractivity contribution in [3.05, 3.63) is 48.6 Å². The average Bonchev–Trinajstić information content (AvgIpc) is 3.37. The first-order chi connectivity index (χ1) is 13.8. The topological polar surface area (TPSA) is 85.0 Å². The predicted molar refractivity (Wildman–Crippen MR) is 94.1 cm³/mol. The van der Waals surface area contributed by atoms with Gasteiger partial charge in [0.15, 0.2) is 0 Å². The lowest BCUT2D eigenvalue weighted by Crippen LogP contribution is -2.37. The lowest BCUT2D eigenvalue weighted by atomic mass is 9.82. The number of carbonyl (C=O) groups is 1. The number of pyridine rings is 1. The molecule has 0 saturated carbocycles. The molecule has 0 amide bonds. The number of halogens is 3. The molecular weight excluding hydrogens is 393 g/mol. The van der Waals surface area contributed by atoms with Crippen molar-refractivity contribution in [3.63, 3.8) is 0 Å². The van der Waals surface area contributed by atoms with Gasteiger partial charge in [0.2, 0.25) is 5.88 Å². The largest absolute Gasteiger partial charge is 0.490 e. The number of nitrogens with zero attached hydrogens (tertiary/aromatic N) is 2. The second kappa shape index (κ2) is 8.83. The smallest absolute Gasteiger partial charge is 0.477 e. The molecule has 2 aromatic rings. The molecule has 1 N–H and O–H groups in total. The second-order valence-electron chi connectivity index (χ2n) is 7.14. The molecule has 10 heteroatoms. The highest BCUT2D eigenvalue weighted by Gasteiger charge is 2.51. The summed E-state index contributed by atoms with van der Waals surface area (Å²) in [4.78, 5) is 15.6. The van der Waals surface area contributed by atoms with Gasteiger partial charge in [0, 0.05) is 48.8 Å². The Morgan fingerprint density at radius 1 is 1.38 bits per heavy atom.